The smallest absolute Gasteiger partial charge is 0.251 e. The first kappa shape index (κ1) is 17.3. The Morgan fingerprint density at radius 3 is 2.68 bits per heavy atom. The highest BCUT2D eigenvalue weighted by atomic mass is 16.5. The quantitative estimate of drug-likeness (QED) is 0.877. The van der Waals surface area contributed by atoms with Crippen LogP contribution in [0.15, 0.2) is 48.5 Å². The van der Waals surface area contributed by atoms with Gasteiger partial charge in [-0.3, -0.25) is 4.79 Å². The molecule has 25 heavy (non-hydrogen) atoms. The number of carbonyl (C=O) groups is 1. The lowest BCUT2D eigenvalue weighted by molar-refractivity contribution is -0.00160. The van der Waals surface area contributed by atoms with Gasteiger partial charge in [-0.2, -0.15) is 0 Å². The average Bonchev–Trinajstić information content (AvgIpc) is 2.60. The SMILES string of the molecule is CC(C)Oc1ccc(C(=O)NCC2(O)CCOc3ccccc32)cc1. The minimum absolute atomic E-state index is 0.0857. The van der Waals surface area contributed by atoms with E-state index in [1.54, 1.807) is 24.3 Å². The third kappa shape index (κ3) is 3.94. The number of ether oxygens (including phenoxy) is 2. The average molecular weight is 341 g/mol. The van der Waals surface area contributed by atoms with Gasteiger partial charge < -0.3 is 19.9 Å². The first-order valence-electron chi connectivity index (χ1n) is 8.47. The van der Waals surface area contributed by atoms with E-state index in [1.165, 1.54) is 0 Å². The van der Waals surface area contributed by atoms with E-state index in [2.05, 4.69) is 5.32 Å². The highest BCUT2D eigenvalue weighted by Gasteiger charge is 2.35. The maximum atomic E-state index is 12.4. The third-order valence-electron chi connectivity index (χ3n) is 4.19. The summed E-state index contributed by atoms with van der Waals surface area (Å²) >= 11 is 0. The largest absolute Gasteiger partial charge is 0.493 e. The second-order valence-corrected chi connectivity index (χ2v) is 6.50. The normalized spacial score (nSPS) is 19.0. The monoisotopic (exact) mass is 341 g/mol. The zero-order chi connectivity index (χ0) is 17.9. The molecule has 1 aliphatic rings. The molecule has 1 amide bonds. The molecule has 0 aromatic heterocycles. The first-order valence-corrected chi connectivity index (χ1v) is 8.47. The van der Waals surface area contributed by atoms with Gasteiger partial charge in [0.05, 0.1) is 19.3 Å². The number of benzene rings is 2. The van der Waals surface area contributed by atoms with Crippen molar-refractivity contribution in [3.05, 3.63) is 59.7 Å². The molecule has 0 saturated heterocycles. The van der Waals surface area contributed by atoms with Crippen LogP contribution in [0.4, 0.5) is 0 Å². The molecule has 2 aromatic carbocycles. The lowest BCUT2D eigenvalue weighted by Crippen LogP contribution is -2.43. The fourth-order valence-corrected chi connectivity index (χ4v) is 2.91. The first-order chi connectivity index (χ1) is 12.0. The molecule has 5 nitrogen and oxygen atoms in total. The molecule has 1 atom stereocenters. The van der Waals surface area contributed by atoms with Crippen LogP contribution in [-0.2, 0) is 5.60 Å². The highest BCUT2D eigenvalue weighted by molar-refractivity contribution is 5.94. The summed E-state index contributed by atoms with van der Waals surface area (Å²) in [5.74, 6) is 1.16. The predicted molar refractivity (Wildman–Crippen MR) is 95.0 cm³/mol. The maximum Gasteiger partial charge on any atom is 0.251 e. The van der Waals surface area contributed by atoms with Crippen molar-refractivity contribution in [1.29, 1.82) is 0 Å². The van der Waals surface area contributed by atoms with Gasteiger partial charge in [0, 0.05) is 17.5 Å². The molecule has 1 aliphatic heterocycles. The van der Waals surface area contributed by atoms with Crippen LogP contribution < -0.4 is 14.8 Å². The Morgan fingerprint density at radius 2 is 1.96 bits per heavy atom. The zero-order valence-electron chi connectivity index (χ0n) is 14.5. The minimum atomic E-state index is -1.12. The van der Waals surface area contributed by atoms with E-state index < -0.39 is 5.60 Å². The molecule has 1 heterocycles. The molecule has 2 aromatic rings. The lowest BCUT2D eigenvalue weighted by atomic mass is 9.88. The molecular formula is C20H23NO4. The summed E-state index contributed by atoms with van der Waals surface area (Å²) in [6.07, 6.45) is 0.522. The van der Waals surface area contributed by atoms with Gasteiger partial charge in [0.15, 0.2) is 0 Å². The lowest BCUT2D eigenvalue weighted by Gasteiger charge is -2.34. The second-order valence-electron chi connectivity index (χ2n) is 6.50. The number of fused-ring (bicyclic) bond motifs is 1. The van der Waals surface area contributed by atoms with E-state index in [1.807, 2.05) is 38.1 Å². The van der Waals surface area contributed by atoms with Crippen LogP contribution in [0, 0.1) is 0 Å². The van der Waals surface area contributed by atoms with Gasteiger partial charge in [0.25, 0.3) is 5.91 Å². The topological polar surface area (TPSA) is 67.8 Å². The summed E-state index contributed by atoms with van der Waals surface area (Å²) in [5, 5.41) is 13.8. The summed E-state index contributed by atoms with van der Waals surface area (Å²) in [6, 6.07) is 14.4. The van der Waals surface area contributed by atoms with Crippen LogP contribution in [0.3, 0.4) is 0 Å². The minimum Gasteiger partial charge on any atom is -0.493 e. The van der Waals surface area contributed by atoms with Crippen LogP contribution in [0.1, 0.15) is 36.2 Å². The molecule has 3 rings (SSSR count). The number of para-hydroxylation sites is 1. The maximum absolute atomic E-state index is 12.4. The van der Waals surface area contributed by atoms with E-state index in [0.29, 0.717) is 29.9 Å². The van der Waals surface area contributed by atoms with Crippen molar-refractivity contribution in [3.8, 4) is 11.5 Å². The molecule has 0 spiro atoms. The highest BCUT2D eigenvalue weighted by Crippen LogP contribution is 2.36. The van der Waals surface area contributed by atoms with Crippen LogP contribution >= 0.6 is 0 Å². The van der Waals surface area contributed by atoms with Crippen LogP contribution in [-0.4, -0.2) is 30.3 Å². The number of aliphatic hydroxyl groups is 1. The number of hydrogen-bond acceptors (Lipinski definition) is 4. The van der Waals surface area contributed by atoms with Crippen molar-refractivity contribution < 1.29 is 19.4 Å². The Bertz CT molecular complexity index is 742. The van der Waals surface area contributed by atoms with E-state index in [4.69, 9.17) is 9.47 Å². The van der Waals surface area contributed by atoms with Crippen LogP contribution in [0.5, 0.6) is 11.5 Å². The second kappa shape index (κ2) is 7.15. The molecule has 132 valence electrons. The molecule has 5 heteroatoms. The van der Waals surface area contributed by atoms with Gasteiger partial charge in [0.2, 0.25) is 0 Å². The Balaban J connectivity index is 1.66. The number of nitrogens with one attached hydrogen (secondary N) is 1. The Morgan fingerprint density at radius 1 is 1.24 bits per heavy atom. The van der Waals surface area contributed by atoms with Crippen molar-refractivity contribution in [2.45, 2.75) is 32.0 Å². The van der Waals surface area contributed by atoms with Crippen molar-refractivity contribution in [2.75, 3.05) is 13.2 Å². The zero-order valence-corrected chi connectivity index (χ0v) is 14.5. The van der Waals surface area contributed by atoms with Gasteiger partial charge in [-0.05, 0) is 44.2 Å². The van der Waals surface area contributed by atoms with Crippen molar-refractivity contribution in [2.24, 2.45) is 0 Å². The summed E-state index contributed by atoms with van der Waals surface area (Å²) in [5.41, 5.74) is 0.118. The molecule has 2 N–H and O–H groups in total. The van der Waals surface area contributed by atoms with E-state index in [-0.39, 0.29) is 18.6 Å². The van der Waals surface area contributed by atoms with Gasteiger partial charge >= 0.3 is 0 Å². The van der Waals surface area contributed by atoms with Crippen molar-refractivity contribution in [3.63, 3.8) is 0 Å². The molecule has 0 saturated carbocycles. The number of hydrogen-bond donors (Lipinski definition) is 2. The molecule has 0 bridgehead atoms. The molecule has 1 unspecified atom stereocenters. The van der Waals surface area contributed by atoms with Crippen LogP contribution in [0.25, 0.3) is 0 Å². The van der Waals surface area contributed by atoms with E-state index >= 15 is 0 Å². The van der Waals surface area contributed by atoms with Gasteiger partial charge in [-0.1, -0.05) is 18.2 Å². The fourth-order valence-electron chi connectivity index (χ4n) is 2.91. The Kier molecular flexibility index (Phi) is 4.95. The van der Waals surface area contributed by atoms with Crippen molar-refractivity contribution >= 4 is 5.91 Å². The van der Waals surface area contributed by atoms with Gasteiger partial charge in [-0.25, -0.2) is 0 Å². The van der Waals surface area contributed by atoms with E-state index in [9.17, 15) is 9.90 Å². The van der Waals surface area contributed by atoms with Gasteiger partial charge in [0.1, 0.15) is 17.1 Å². The van der Waals surface area contributed by atoms with Crippen LogP contribution in [0.2, 0.25) is 0 Å². The Hall–Kier alpha value is -2.53. The number of rotatable bonds is 5. The fraction of sp³-hybridized carbons (Fsp3) is 0.350. The molecule has 0 aliphatic carbocycles. The van der Waals surface area contributed by atoms with Crippen molar-refractivity contribution in [1.82, 2.24) is 5.32 Å². The number of amides is 1. The summed E-state index contributed by atoms with van der Waals surface area (Å²) in [6.45, 7) is 4.46. The number of carbonyl (C=O) groups excluding carboxylic acids is 1. The predicted octanol–water partition coefficient (Wildman–Crippen LogP) is 2.87. The molecule has 0 fully saturated rings. The van der Waals surface area contributed by atoms with Gasteiger partial charge in [-0.15, -0.1) is 0 Å². The Labute approximate surface area is 147 Å². The molecule has 0 radical (unpaired) electrons. The summed E-state index contributed by atoms with van der Waals surface area (Å²) in [4.78, 5) is 12.4. The summed E-state index contributed by atoms with van der Waals surface area (Å²) < 4.78 is 11.1. The standard InChI is InChI=1S/C20H23NO4/c1-14(2)25-16-9-7-15(8-10-16)19(22)21-13-20(23)11-12-24-18-6-4-3-5-17(18)20/h3-10,14,23H,11-13H2,1-2H3,(H,21,22). The van der Waals surface area contributed by atoms with E-state index in [0.717, 1.165) is 5.75 Å². The molecular weight excluding hydrogens is 318 g/mol. The summed E-state index contributed by atoms with van der Waals surface area (Å²) in [7, 11) is 0. The third-order valence-corrected chi connectivity index (χ3v) is 4.19.